The van der Waals surface area contributed by atoms with Gasteiger partial charge in [-0.25, -0.2) is 8.42 Å². The van der Waals surface area contributed by atoms with E-state index in [2.05, 4.69) is 5.32 Å². The van der Waals surface area contributed by atoms with Crippen LogP contribution in [0.1, 0.15) is 11.1 Å². The van der Waals surface area contributed by atoms with Gasteiger partial charge in [-0.15, -0.1) is 0 Å². The lowest BCUT2D eigenvalue weighted by Crippen LogP contribution is -2.41. The summed E-state index contributed by atoms with van der Waals surface area (Å²) in [5.41, 5.74) is 2.19. The summed E-state index contributed by atoms with van der Waals surface area (Å²) in [6, 6.07) is 8.05. The Morgan fingerprint density at radius 1 is 1.14 bits per heavy atom. The number of nitrogens with zero attached hydrogens (tertiary/aromatic N) is 2. The van der Waals surface area contributed by atoms with E-state index in [9.17, 15) is 18.0 Å². The second-order valence-electron chi connectivity index (χ2n) is 6.71. The number of carbonyl (C=O) groups is 1. The number of amides is 1. The van der Waals surface area contributed by atoms with Crippen LogP contribution in [0.25, 0.3) is 0 Å². The maximum atomic E-state index is 12.8. The highest BCUT2D eigenvalue weighted by Crippen LogP contribution is 2.17. The molecule has 1 aromatic carbocycles. The summed E-state index contributed by atoms with van der Waals surface area (Å²) in [7, 11) is -3.75. The molecule has 1 aliphatic heterocycles. The summed E-state index contributed by atoms with van der Waals surface area (Å²) in [5, 5.41) is 2.76. The Morgan fingerprint density at radius 3 is 2.54 bits per heavy atom. The van der Waals surface area contributed by atoms with Crippen molar-refractivity contribution in [3.05, 3.63) is 58.0 Å². The number of hydrogen-bond donors (Lipinski definition) is 1. The molecule has 1 aliphatic rings. The first-order valence-corrected chi connectivity index (χ1v) is 10.4. The van der Waals surface area contributed by atoms with Crippen molar-refractivity contribution in [3.8, 4) is 0 Å². The van der Waals surface area contributed by atoms with Gasteiger partial charge in [-0.3, -0.25) is 9.59 Å². The van der Waals surface area contributed by atoms with Crippen LogP contribution in [0.4, 0.5) is 5.69 Å². The number of nitrogens with one attached hydrogen (secondary N) is 1. The van der Waals surface area contributed by atoms with E-state index in [0.29, 0.717) is 18.9 Å². The number of hydrogen-bond acceptors (Lipinski definition) is 5. The first-order chi connectivity index (χ1) is 13.3. The Labute approximate surface area is 163 Å². The van der Waals surface area contributed by atoms with Crippen molar-refractivity contribution in [3.63, 3.8) is 0 Å². The predicted molar refractivity (Wildman–Crippen MR) is 105 cm³/mol. The highest BCUT2D eigenvalue weighted by atomic mass is 32.2. The molecule has 8 nitrogen and oxygen atoms in total. The van der Waals surface area contributed by atoms with E-state index in [0.717, 1.165) is 21.8 Å². The molecule has 2 aromatic rings. The summed E-state index contributed by atoms with van der Waals surface area (Å²) in [5.74, 6) is -0.407. The molecule has 2 heterocycles. The van der Waals surface area contributed by atoms with E-state index in [1.54, 1.807) is 6.07 Å². The Balaban J connectivity index is 1.79. The number of benzene rings is 1. The van der Waals surface area contributed by atoms with Crippen LogP contribution >= 0.6 is 0 Å². The molecule has 0 spiro atoms. The summed E-state index contributed by atoms with van der Waals surface area (Å²) in [4.78, 5) is 24.5. The maximum Gasteiger partial charge on any atom is 0.251 e. The second-order valence-corrected chi connectivity index (χ2v) is 8.65. The van der Waals surface area contributed by atoms with Crippen molar-refractivity contribution in [2.24, 2.45) is 0 Å². The zero-order chi connectivity index (χ0) is 20.3. The molecule has 1 amide bonds. The van der Waals surface area contributed by atoms with Crippen molar-refractivity contribution >= 4 is 21.6 Å². The van der Waals surface area contributed by atoms with Crippen molar-refractivity contribution in [1.82, 2.24) is 8.87 Å². The van der Waals surface area contributed by atoms with Gasteiger partial charge in [-0.05, 0) is 31.5 Å². The molecule has 1 N–H and O–H groups in total. The molecule has 1 saturated heterocycles. The largest absolute Gasteiger partial charge is 0.379 e. The molecule has 0 radical (unpaired) electrons. The molecule has 0 saturated carbocycles. The number of sulfonamides is 1. The van der Waals surface area contributed by atoms with Crippen molar-refractivity contribution in [2.75, 3.05) is 31.6 Å². The quantitative estimate of drug-likeness (QED) is 0.804. The smallest absolute Gasteiger partial charge is 0.251 e. The minimum Gasteiger partial charge on any atom is -0.379 e. The molecule has 3 rings (SSSR count). The van der Waals surface area contributed by atoms with Crippen molar-refractivity contribution in [1.29, 1.82) is 0 Å². The van der Waals surface area contributed by atoms with E-state index in [1.807, 2.05) is 26.0 Å². The molecule has 1 aromatic heterocycles. The number of morpholine rings is 1. The number of pyridine rings is 1. The average molecular weight is 405 g/mol. The molecular formula is C19H23N3O5S. The molecule has 150 valence electrons. The van der Waals surface area contributed by atoms with Gasteiger partial charge >= 0.3 is 0 Å². The zero-order valence-corrected chi connectivity index (χ0v) is 16.7. The number of anilines is 1. The molecule has 0 aliphatic carbocycles. The first kappa shape index (κ1) is 20.2. The van der Waals surface area contributed by atoms with Gasteiger partial charge in [-0.2, -0.15) is 4.31 Å². The monoisotopic (exact) mass is 405 g/mol. The van der Waals surface area contributed by atoms with Gasteiger partial charge in [0.2, 0.25) is 15.9 Å². The molecule has 0 atom stereocenters. The number of ether oxygens (including phenoxy) is 1. The van der Waals surface area contributed by atoms with Gasteiger partial charge in [0, 0.05) is 31.0 Å². The highest BCUT2D eigenvalue weighted by molar-refractivity contribution is 7.89. The summed E-state index contributed by atoms with van der Waals surface area (Å²) < 4.78 is 33.1. The van der Waals surface area contributed by atoms with Crippen LogP contribution in [0.2, 0.25) is 0 Å². The zero-order valence-electron chi connectivity index (χ0n) is 15.8. The molecular weight excluding hydrogens is 382 g/mol. The minimum atomic E-state index is -3.75. The maximum absolute atomic E-state index is 12.8. The van der Waals surface area contributed by atoms with Crippen LogP contribution in [-0.4, -0.2) is 49.5 Å². The fourth-order valence-corrected chi connectivity index (χ4v) is 4.45. The summed E-state index contributed by atoms with van der Waals surface area (Å²) in [6.07, 6.45) is 1.22. The van der Waals surface area contributed by atoms with E-state index < -0.39 is 21.5 Å². The van der Waals surface area contributed by atoms with Gasteiger partial charge in [-0.1, -0.05) is 17.7 Å². The lowest BCUT2D eigenvalue weighted by molar-refractivity contribution is -0.116. The third-order valence-corrected chi connectivity index (χ3v) is 6.42. The van der Waals surface area contributed by atoms with E-state index in [4.69, 9.17) is 4.74 Å². The van der Waals surface area contributed by atoms with Gasteiger partial charge < -0.3 is 14.6 Å². The van der Waals surface area contributed by atoms with E-state index in [-0.39, 0.29) is 24.5 Å². The summed E-state index contributed by atoms with van der Waals surface area (Å²) in [6.45, 7) is 4.74. The number of carbonyl (C=O) groups excluding carboxylic acids is 1. The first-order valence-electron chi connectivity index (χ1n) is 8.93. The van der Waals surface area contributed by atoms with Crippen LogP contribution < -0.4 is 10.9 Å². The number of rotatable bonds is 5. The molecule has 28 heavy (non-hydrogen) atoms. The molecule has 0 unspecified atom stereocenters. The van der Waals surface area contributed by atoms with Crippen LogP contribution in [0.3, 0.4) is 0 Å². The third kappa shape index (κ3) is 4.49. The van der Waals surface area contributed by atoms with Crippen LogP contribution in [0, 0.1) is 13.8 Å². The molecule has 1 fully saturated rings. The van der Waals surface area contributed by atoms with Crippen molar-refractivity contribution in [2.45, 2.75) is 25.3 Å². The highest BCUT2D eigenvalue weighted by Gasteiger charge is 2.27. The van der Waals surface area contributed by atoms with Crippen LogP contribution in [-0.2, 0) is 26.1 Å². The average Bonchev–Trinajstić information content (AvgIpc) is 2.66. The normalized spacial score (nSPS) is 15.4. The Kier molecular flexibility index (Phi) is 5.97. The Hall–Kier alpha value is -2.49. The summed E-state index contributed by atoms with van der Waals surface area (Å²) >= 11 is 0. The fraction of sp³-hybridized carbons (Fsp3) is 0.368. The fourth-order valence-electron chi connectivity index (χ4n) is 3.02. The van der Waals surface area contributed by atoms with Gasteiger partial charge in [0.15, 0.2) is 0 Å². The van der Waals surface area contributed by atoms with Gasteiger partial charge in [0.25, 0.3) is 5.56 Å². The number of aromatic nitrogens is 1. The van der Waals surface area contributed by atoms with E-state index in [1.165, 1.54) is 16.6 Å². The van der Waals surface area contributed by atoms with E-state index >= 15 is 0 Å². The minimum absolute atomic E-state index is 0.0201. The lowest BCUT2D eigenvalue weighted by Gasteiger charge is -2.26. The third-order valence-electron chi connectivity index (χ3n) is 4.53. The van der Waals surface area contributed by atoms with Gasteiger partial charge in [0.05, 0.1) is 18.1 Å². The Bertz CT molecular complexity index is 1040. The number of aryl methyl sites for hydroxylation is 2. The predicted octanol–water partition coefficient (Wildman–Crippen LogP) is 1.12. The SMILES string of the molecule is Cc1ccc(NC(=O)Cn2cc(S(=O)(=O)N3CCOCC3)ccc2=O)c(C)c1. The topological polar surface area (TPSA) is 97.7 Å². The van der Waals surface area contributed by atoms with Crippen molar-refractivity contribution < 1.29 is 17.9 Å². The Morgan fingerprint density at radius 2 is 1.86 bits per heavy atom. The molecule has 0 bridgehead atoms. The molecule has 9 heteroatoms. The lowest BCUT2D eigenvalue weighted by atomic mass is 10.1. The van der Waals surface area contributed by atoms with Gasteiger partial charge in [0.1, 0.15) is 6.54 Å². The standard InChI is InChI=1S/C19H23N3O5S/c1-14-3-5-17(15(2)11-14)20-18(23)13-21-12-16(4-6-19(21)24)28(25,26)22-7-9-27-10-8-22/h3-6,11-12H,7-10,13H2,1-2H3,(H,20,23). The van der Waals surface area contributed by atoms with Crippen LogP contribution in [0.15, 0.2) is 46.2 Å². The second kappa shape index (κ2) is 8.26. The van der Waals surface area contributed by atoms with Crippen LogP contribution in [0.5, 0.6) is 0 Å².